The number of fused-ring (bicyclic) bond motifs is 1. The number of benzene rings is 1. The van der Waals surface area contributed by atoms with Crippen molar-refractivity contribution < 1.29 is 14.2 Å². The van der Waals surface area contributed by atoms with Crippen molar-refractivity contribution in [2.75, 3.05) is 20.0 Å². The zero-order chi connectivity index (χ0) is 18.1. The number of aromatic nitrogens is 2. The lowest BCUT2D eigenvalue weighted by Gasteiger charge is -2.17. The summed E-state index contributed by atoms with van der Waals surface area (Å²) in [6.45, 7) is 0.198. The molecule has 0 unspecified atom stereocenters. The molecule has 132 valence electrons. The molecule has 2 aromatic heterocycles. The minimum Gasteiger partial charge on any atom is -0.494 e. The van der Waals surface area contributed by atoms with Gasteiger partial charge in [-0.05, 0) is 15.9 Å². The molecule has 0 atom stereocenters. The first-order valence-electron chi connectivity index (χ1n) is 6.87. The van der Waals surface area contributed by atoms with Gasteiger partial charge >= 0.3 is 0 Å². The average Bonchev–Trinajstić information content (AvgIpc) is 3.00. The average molecular weight is 465 g/mol. The SMILES string of the molecule is COc1c(Cl)c(OCc2csc3c(N)ncnc23)c(Cl)c(OC)c1Br. The zero-order valence-electron chi connectivity index (χ0n) is 13.1. The summed E-state index contributed by atoms with van der Waals surface area (Å²) in [6, 6.07) is 0. The number of hydrogen-bond acceptors (Lipinski definition) is 7. The Morgan fingerprint density at radius 3 is 2.36 bits per heavy atom. The van der Waals surface area contributed by atoms with Crippen LogP contribution in [0.4, 0.5) is 5.82 Å². The Bertz CT molecular complexity index is 920. The van der Waals surface area contributed by atoms with Gasteiger partial charge in [0.25, 0.3) is 0 Å². The predicted molar refractivity (Wildman–Crippen MR) is 103 cm³/mol. The molecule has 0 aliphatic heterocycles. The van der Waals surface area contributed by atoms with E-state index in [0.29, 0.717) is 21.8 Å². The standard InChI is InChI=1S/C15H12BrCl2N3O3S/c1-22-11-7(16)12(23-2)9(18)13(8(11)17)24-3-6-4-25-14-10(6)20-5-21-15(14)19/h4-5H,3H2,1-2H3,(H2,19,20,21). The molecule has 0 saturated heterocycles. The van der Waals surface area contributed by atoms with Gasteiger partial charge in [-0.3, -0.25) is 0 Å². The maximum atomic E-state index is 6.37. The summed E-state index contributed by atoms with van der Waals surface area (Å²) in [5.41, 5.74) is 7.44. The number of nitrogens with two attached hydrogens (primary N) is 1. The van der Waals surface area contributed by atoms with Crippen molar-refractivity contribution >= 4 is 66.5 Å². The van der Waals surface area contributed by atoms with E-state index in [-0.39, 0.29) is 22.4 Å². The van der Waals surface area contributed by atoms with E-state index in [1.807, 2.05) is 5.38 Å². The minimum atomic E-state index is 0.198. The van der Waals surface area contributed by atoms with Crippen LogP contribution in [0.1, 0.15) is 5.56 Å². The molecular formula is C15H12BrCl2N3O3S. The Labute approximate surface area is 165 Å². The summed E-state index contributed by atoms with van der Waals surface area (Å²) in [4.78, 5) is 8.24. The van der Waals surface area contributed by atoms with Crippen molar-refractivity contribution in [1.29, 1.82) is 0 Å². The van der Waals surface area contributed by atoms with Crippen molar-refractivity contribution in [2.45, 2.75) is 6.61 Å². The molecule has 0 aliphatic rings. The first-order valence-corrected chi connectivity index (χ1v) is 9.30. The fraction of sp³-hybridized carbons (Fsp3) is 0.200. The minimum absolute atomic E-state index is 0.198. The lowest BCUT2D eigenvalue weighted by molar-refractivity contribution is 0.302. The van der Waals surface area contributed by atoms with Crippen LogP contribution in [0, 0.1) is 0 Å². The van der Waals surface area contributed by atoms with E-state index in [0.717, 1.165) is 15.8 Å². The van der Waals surface area contributed by atoms with Crippen LogP contribution < -0.4 is 19.9 Å². The van der Waals surface area contributed by atoms with Crippen LogP contribution in [0.25, 0.3) is 10.2 Å². The van der Waals surface area contributed by atoms with Crippen LogP contribution in [0.3, 0.4) is 0 Å². The Morgan fingerprint density at radius 2 is 1.76 bits per heavy atom. The molecule has 0 saturated carbocycles. The molecule has 1 aromatic carbocycles. The van der Waals surface area contributed by atoms with Crippen LogP contribution in [-0.2, 0) is 6.61 Å². The number of ether oxygens (including phenoxy) is 3. The molecule has 0 radical (unpaired) electrons. The third-order valence-electron chi connectivity index (χ3n) is 3.43. The van der Waals surface area contributed by atoms with Gasteiger partial charge < -0.3 is 19.9 Å². The number of anilines is 1. The Balaban J connectivity index is 1.99. The lowest BCUT2D eigenvalue weighted by Crippen LogP contribution is -2.01. The second-order valence-electron chi connectivity index (χ2n) is 4.82. The quantitative estimate of drug-likeness (QED) is 0.576. The van der Waals surface area contributed by atoms with Gasteiger partial charge in [-0.25, -0.2) is 9.97 Å². The molecule has 2 heterocycles. The molecular weight excluding hydrogens is 453 g/mol. The molecule has 6 nitrogen and oxygen atoms in total. The summed E-state index contributed by atoms with van der Waals surface area (Å²) in [7, 11) is 2.99. The van der Waals surface area contributed by atoms with Crippen molar-refractivity contribution in [3.05, 3.63) is 31.8 Å². The summed E-state index contributed by atoms with van der Waals surface area (Å²) < 4.78 is 17.8. The van der Waals surface area contributed by atoms with Gasteiger partial charge in [-0.2, -0.15) is 0 Å². The number of nitrogens with zero attached hydrogens (tertiary/aromatic N) is 2. The molecule has 0 fully saturated rings. The highest BCUT2D eigenvalue weighted by molar-refractivity contribution is 9.10. The number of nitrogen functional groups attached to an aromatic ring is 1. The van der Waals surface area contributed by atoms with Gasteiger partial charge in [-0.15, -0.1) is 11.3 Å². The van der Waals surface area contributed by atoms with Crippen molar-refractivity contribution in [3.8, 4) is 17.2 Å². The third kappa shape index (κ3) is 3.19. The highest BCUT2D eigenvalue weighted by atomic mass is 79.9. The second kappa shape index (κ2) is 7.41. The van der Waals surface area contributed by atoms with E-state index >= 15 is 0 Å². The van der Waals surface area contributed by atoms with Crippen LogP contribution in [0.5, 0.6) is 17.2 Å². The molecule has 2 N–H and O–H groups in total. The molecule has 0 amide bonds. The molecule has 10 heteroatoms. The van der Waals surface area contributed by atoms with Crippen molar-refractivity contribution in [1.82, 2.24) is 9.97 Å². The maximum absolute atomic E-state index is 6.37. The fourth-order valence-corrected chi connectivity index (χ4v) is 4.80. The highest BCUT2D eigenvalue weighted by Crippen LogP contribution is 2.52. The van der Waals surface area contributed by atoms with Crippen LogP contribution >= 0.6 is 50.5 Å². The van der Waals surface area contributed by atoms with E-state index < -0.39 is 0 Å². The fourth-order valence-electron chi connectivity index (χ4n) is 2.25. The van der Waals surface area contributed by atoms with Gasteiger partial charge in [0.2, 0.25) is 0 Å². The number of hydrogen-bond donors (Lipinski definition) is 1. The van der Waals surface area contributed by atoms with E-state index in [1.54, 1.807) is 0 Å². The molecule has 0 aliphatic carbocycles. The van der Waals surface area contributed by atoms with Gasteiger partial charge in [0, 0.05) is 10.9 Å². The normalized spacial score (nSPS) is 10.9. The van der Waals surface area contributed by atoms with E-state index in [1.165, 1.54) is 31.9 Å². The number of halogens is 3. The summed E-state index contributed by atoms with van der Waals surface area (Å²) in [5, 5.41) is 2.40. The zero-order valence-corrected chi connectivity index (χ0v) is 17.0. The molecule has 3 aromatic rings. The first kappa shape index (κ1) is 18.3. The molecule has 25 heavy (non-hydrogen) atoms. The van der Waals surface area contributed by atoms with Gasteiger partial charge in [-0.1, -0.05) is 23.2 Å². The van der Waals surface area contributed by atoms with Crippen LogP contribution in [0.2, 0.25) is 10.0 Å². The first-order chi connectivity index (χ1) is 12.0. The summed E-state index contributed by atoms with van der Waals surface area (Å²) in [5.74, 6) is 1.45. The maximum Gasteiger partial charge on any atom is 0.164 e. The Hall–Kier alpha value is -1.48. The molecule has 3 rings (SSSR count). The number of thiophene rings is 1. The Morgan fingerprint density at radius 1 is 1.12 bits per heavy atom. The van der Waals surface area contributed by atoms with Crippen LogP contribution in [-0.4, -0.2) is 24.2 Å². The van der Waals surface area contributed by atoms with Gasteiger partial charge in [0.1, 0.15) is 33.3 Å². The lowest BCUT2D eigenvalue weighted by atomic mass is 10.2. The predicted octanol–water partition coefficient (Wildman–Crippen LogP) is 4.94. The monoisotopic (exact) mass is 463 g/mol. The van der Waals surface area contributed by atoms with Gasteiger partial charge in [0.05, 0.1) is 24.4 Å². The second-order valence-corrected chi connectivity index (χ2v) is 7.25. The largest absolute Gasteiger partial charge is 0.494 e. The van der Waals surface area contributed by atoms with E-state index in [4.69, 9.17) is 43.1 Å². The van der Waals surface area contributed by atoms with Crippen molar-refractivity contribution in [3.63, 3.8) is 0 Å². The highest BCUT2D eigenvalue weighted by Gasteiger charge is 2.24. The molecule has 0 spiro atoms. The third-order valence-corrected chi connectivity index (χ3v) is 5.88. The smallest absolute Gasteiger partial charge is 0.164 e. The summed E-state index contributed by atoms with van der Waals surface area (Å²) in [6.07, 6.45) is 1.42. The van der Waals surface area contributed by atoms with Crippen LogP contribution in [0.15, 0.2) is 16.2 Å². The van der Waals surface area contributed by atoms with E-state index in [2.05, 4.69) is 25.9 Å². The van der Waals surface area contributed by atoms with Crippen molar-refractivity contribution in [2.24, 2.45) is 0 Å². The number of rotatable bonds is 5. The van der Waals surface area contributed by atoms with E-state index in [9.17, 15) is 0 Å². The Kier molecular flexibility index (Phi) is 5.43. The summed E-state index contributed by atoms with van der Waals surface area (Å²) >= 11 is 17.6. The topological polar surface area (TPSA) is 79.5 Å². The van der Waals surface area contributed by atoms with Gasteiger partial charge in [0.15, 0.2) is 17.2 Å². The molecule has 0 bridgehead atoms. The number of methoxy groups -OCH3 is 2.